The van der Waals surface area contributed by atoms with Crippen molar-refractivity contribution in [1.82, 2.24) is 0 Å². The standard InChI is InChI=1S/C10H11NO5/c1-5-3-4-7(9(12)10(13)14)6(2)8(5)11(15)16/h3-4,9,12H,1-2H3,(H,13,14). The summed E-state index contributed by atoms with van der Waals surface area (Å²) in [5, 5.41) is 28.8. The van der Waals surface area contributed by atoms with Crippen LogP contribution in [-0.4, -0.2) is 21.1 Å². The highest BCUT2D eigenvalue weighted by molar-refractivity contribution is 5.75. The van der Waals surface area contributed by atoms with E-state index < -0.39 is 17.0 Å². The number of carbonyl (C=O) groups is 1. The zero-order valence-corrected chi connectivity index (χ0v) is 8.80. The number of aliphatic hydroxyl groups is 1. The van der Waals surface area contributed by atoms with E-state index in [2.05, 4.69) is 0 Å². The normalized spacial score (nSPS) is 12.2. The lowest BCUT2D eigenvalue weighted by atomic mass is 9.99. The molecule has 0 aliphatic heterocycles. The van der Waals surface area contributed by atoms with Crippen molar-refractivity contribution in [2.75, 3.05) is 0 Å². The SMILES string of the molecule is Cc1ccc(C(O)C(=O)O)c(C)c1[N+](=O)[O-]. The van der Waals surface area contributed by atoms with Gasteiger partial charge in [-0.1, -0.05) is 12.1 Å². The number of nitrogens with zero attached hydrogens (tertiary/aromatic N) is 1. The Kier molecular flexibility index (Phi) is 3.24. The van der Waals surface area contributed by atoms with Gasteiger partial charge >= 0.3 is 5.97 Å². The fourth-order valence-electron chi connectivity index (χ4n) is 1.56. The molecule has 0 spiro atoms. The third-order valence-electron chi connectivity index (χ3n) is 2.39. The summed E-state index contributed by atoms with van der Waals surface area (Å²) in [6.07, 6.45) is -1.74. The quantitative estimate of drug-likeness (QED) is 0.597. The lowest BCUT2D eigenvalue weighted by Crippen LogP contribution is -2.13. The van der Waals surface area contributed by atoms with E-state index in [4.69, 9.17) is 5.11 Å². The molecular weight excluding hydrogens is 214 g/mol. The highest BCUT2D eigenvalue weighted by Gasteiger charge is 2.24. The Hall–Kier alpha value is -1.95. The van der Waals surface area contributed by atoms with Crippen molar-refractivity contribution in [3.8, 4) is 0 Å². The molecule has 0 aliphatic rings. The van der Waals surface area contributed by atoms with Gasteiger partial charge in [0.25, 0.3) is 5.69 Å². The van der Waals surface area contributed by atoms with Crippen LogP contribution in [0.2, 0.25) is 0 Å². The molecule has 0 saturated heterocycles. The molecular formula is C10H11NO5. The number of carboxylic acids is 1. The summed E-state index contributed by atoms with van der Waals surface area (Å²) in [6, 6.07) is 2.81. The predicted octanol–water partition coefficient (Wildman–Crippen LogP) is 1.33. The van der Waals surface area contributed by atoms with Crippen molar-refractivity contribution in [3.05, 3.63) is 38.9 Å². The number of aryl methyl sites for hydroxylation is 1. The van der Waals surface area contributed by atoms with Crippen molar-refractivity contribution in [3.63, 3.8) is 0 Å². The largest absolute Gasteiger partial charge is 0.479 e. The number of benzene rings is 1. The number of aliphatic carboxylic acids is 1. The van der Waals surface area contributed by atoms with Crippen LogP contribution in [0, 0.1) is 24.0 Å². The van der Waals surface area contributed by atoms with Crippen LogP contribution in [-0.2, 0) is 4.79 Å². The Labute approximate surface area is 91.3 Å². The Balaban J connectivity index is 3.40. The Morgan fingerprint density at radius 3 is 2.44 bits per heavy atom. The summed E-state index contributed by atoms with van der Waals surface area (Å²) >= 11 is 0. The molecule has 1 aromatic rings. The van der Waals surface area contributed by atoms with Crippen molar-refractivity contribution < 1.29 is 19.9 Å². The minimum absolute atomic E-state index is 0.0461. The van der Waals surface area contributed by atoms with Gasteiger partial charge in [0.2, 0.25) is 0 Å². The van der Waals surface area contributed by atoms with Crippen LogP contribution in [0.3, 0.4) is 0 Å². The number of hydrogen-bond acceptors (Lipinski definition) is 4. The molecule has 0 aliphatic carbocycles. The Bertz CT molecular complexity index is 455. The zero-order chi connectivity index (χ0) is 12.5. The fraction of sp³-hybridized carbons (Fsp3) is 0.300. The molecule has 1 rings (SSSR count). The van der Waals surface area contributed by atoms with Crippen molar-refractivity contribution in [1.29, 1.82) is 0 Å². The number of nitro groups is 1. The second-order valence-electron chi connectivity index (χ2n) is 3.44. The average Bonchev–Trinajstić information content (AvgIpc) is 2.16. The summed E-state index contributed by atoms with van der Waals surface area (Å²) in [5.74, 6) is -1.43. The average molecular weight is 225 g/mol. The Morgan fingerprint density at radius 1 is 1.44 bits per heavy atom. The molecule has 0 amide bonds. The van der Waals surface area contributed by atoms with Gasteiger partial charge in [0, 0.05) is 16.7 Å². The van der Waals surface area contributed by atoms with Crippen molar-refractivity contribution in [2.24, 2.45) is 0 Å². The molecule has 6 nitrogen and oxygen atoms in total. The van der Waals surface area contributed by atoms with E-state index in [9.17, 15) is 20.0 Å². The number of rotatable bonds is 3. The van der Waals surface area contributed by atoms with Gasteiger partial charge < -0.3 is 10.2 Å². The van der Waals surface area contributed by atoms with Crippen LogP contribution < -0.4 is 0 Å². The highest BCUT2D eigenvalue weighted by Crippen LogP contribution is 2.29. The number of nitro benzene ring substituents is 1. The van der Waals surface area contributed by atoms with Gasteiger partial charge in [-0.3, -0.25) is 10.1 Å². The monoisotopic (exact) mass is 225 g/mol. The van der Waals surface area contributed by atoms with Crippen LogP contribution in [0.4, 0.5) is 5.69 Å². The smallest absolute Gasteiger partial charge is 0.337 e. The lowest BCUT2D eigenvalue weighted by molar-refractivity contribution is -0.386. The molecule has 0 bridgehead atoms. The minimum atomic E-state index is -1.74. The van der Waals surface area contributed by atoms with Gasteiger partial charge in [-0.25, -0.2) is 4.79 Å². The maximum absolute atomic E-state index is 10.8. The lowest BCUT2D eigenvalue weighted by Gasteiger charge is -2.10. The third kappa shape index (κ3) is 2.01. The van der Waals surface area contributed by atoms with E-state index in [1.807, 2.05) is 0 Å². The van der Waals surface area contributed by atoms with Gasteiger partial charge in [-0.05, 0) is 13.8 Å². The number of carboxylic acid groups (broad SMARTS) is 1. The van der Waals surface area contributed by atoms with E-state index >= 15 is 0 Å². The second kappa shape index (κ2) is 4.28. The van der Waals surface area contributed by atoms with Crippen LogP contribution in [0.5, 0.6) is 0 Å². The first-order valence-corrected chi connectivity index (χ1v) is 4.51. The van der Waals surface area contributed by atoms with Crippen LogP contribution >= 0.6 is 0 Å². The van der Waals surface area contributed by atoms with E-state index in [0.29, 0.717) is 5.56 Å². The molecule has 6 heteroatoms. The molecule has 86 valence electrons. The first kappa shape index (κ1) is 12.1. The van der Waals surface area contributed by atoms with Gasteiger partial charge in [0.05, 0.1) is 4.92 Å². The molecule has 0 saturated carbocycles. The summed E-state index contributed by atoms with van der Waals surface area (Å²) in [5.41, 5.74) is 0.506. The molecule has 0 heterocycles. The molecule has 0 aromatic heterocycles. The Morgan fingerprint density at radius 2 is 2.00 bits per heavy atom. The molecule has 1 atom stereocenters. The van der Waals surface area contributed by atoms with Crippen LogP contribution in [0.15, 0.2) is 12.1 Å². The van der Waals surface area contributed by atoms with Crippen molar-refractivity contribution in [2.45, 2.75) is 20.0 Å². The third-order valence-corrected chi connectivity index (χ3v) is 2.39. The first-order valence-electron chi connectivity index (χ1n) is 4.51. The van der Waals surface area contributed by atoms with E-state index in [0.717, 1.165) is 0 Å². The van der Waals surface area contributed by atoms with E-state index in [1.165, 1.54) is 19.1 Å². The molecule has 1 aromatic carbocycles. The van der Waals surface area contributed by atoms with Gasteiger partial charge in [0.1, 0.15) is 0 Å². The highest BCUT2D eigenvalue weighted by atomic mass is 16.6. The summed E-state index contributed by atoms with van der Waals surface area (Å²) in [4.78, 5) is 20.8. The number of hydrogen-bond donors (Lipinski definition) is 2. The maximum Gasteiger partial charge on any atom is 0.337 e. The van der Waals surface area contributed by atoms with Gasteiger partial charge in [0.15, 0.2) is 6.10 Å². The second-order valence-corrected chi connectivity index (χ2v) is 3.44. The van der Waals surface area contributed by atoms with Crippen LogP contribution in [0.1, 0.15) is 22.8 Å². The topological polar surface area (TPSA) is 101 Å². The minimum Gasteiger partial charge on any atom is -0.479 e. The molecule has 0 radical (unpaired) electrons. The summed E-state index contributed by atoms with van der Waals surface area (Å²) in [6.45, 7) is 2.98. The van der Waals surface area contributed by atoms with Crippen LogP contribution in [0.25, 0.3) is 0 Å². The number of aliphatic hydroxyl groups excluding tert-OH is 1. The van der Waals surface area contributed by atoms with E-state index in [1.54, 1.807) is 6.92 Å². The molecule has 1 unspecified atom stereocenters. The fourth-order valence-corrected chi connectivity index (χ4v) is 1.56. The summed E-state index contributed by atoms with van der Waals surface area (Å²) in [7, 11) is 0. The summed E-state index contributed by atoms with van der Waals surface area (Å²) < 4.78 is 0. The predicted molar refractivity (Wildman–Crippen MR) is 55.2 cm³/mol. The van der Waals surface area contributed by atoms with E-state index in [-0.39, 0.29) is 16.8 Å². The van der Waals surface area contributed by atoms with Crippen molar-refractivity contribution >= 4 is 11.7 Å². The molecule has 2 N–H and O–H groups in total. The van der Waals surface area contributed by atoms with Gasteiger partial charge in [-0.15, -0.1) is 0 Å². The maximum atomic E-state index is 10.8. The first-order chi connectivity index (χ1) is 7.36. The van der Waals surface area contributed by atoms with Gasteiger partial charge in [-0.2, -0.15) is 0 Å². The molecule has 16 heavy (non-hydrogen) atoms. The molecule has 0 fully saturated rings. The zero-order valence-electron chi connectivity index (χ0n) is 8.80.